The lowest BCUT2D eigenvalue weighted by Crippen LogP contribution is -2.35. The third kappa shape index (κ3) is 2.48. The molecule has 5 heteroatoms. The first-order valence-corrected chi connectivity index (χ1v) is 4.65. The predicted octanol–water partition coefficient (Wildman–Crippen LogP) is 1.26. The van der Waals surface area contributed by atoms with Crippen molar-refractivity contribution in [2.24, 2.45) is 11.3 Å². The van der Waals surface area contributed by atoms with Gasteiger partial charge in [0.05, 0.1) is 0 Å². The molecule has 1 fully saturated rings. The van der Waals surface area contributed by atoms with E-state index < -0.39 is 12.0 Å². The Bertz CT molecular complexity index is 225. The first-order chi connectivity index (χ1) is 6.32. The Morgan fingerprint density at radius 1 is 1.50 bits per heavy atom. The van der Waals surface area contributed by atoms with E-state index in [4.69, 9.17) is 0 Å². The van der Waals surface area contributed by atoms with Gasteiger partial charge in [-0.1, -0.05) is 20.8 Å². The van der Waals surface area contributed by atoms with Crippen molar-refractivity contribution >= 4 is 5.78 Å². The summed E-state index contributed by atoms with van der Waals surface area (Å²) in [6, 6.07) is 0. The van der Waals surface area contributed by atoms with E-state index in [9.17, 15) is 13.6 Å². The van der Waals surface area contributed by atoms with E-state index in [1.54, 1.807) is 20.8 Å². The van der Waals surface area contributed by atoms with E-state index >= 15 is 0 Å². The number of Topliss-reactive ketones (excluding diaryl/α,β-unsaturated/α-hetero) is 1. The van der Waals surface area contributed by atoms with Gasteiger partial charge in [-0.2, -0.15) is 13.8 Å². The van der Waals surface area contributed by atoms with Crippen LogP contribution in [-0.2, 0) is 4.79 Å². The zero-order chi connectivity index (χ0) is 10.9. The molecule has 1 rings (SSSR count). The van der Waals surface area contributed by atoms with Crippen LogP contribution in [0.4, 0.5) is 8.78 Å². The van der Waals surface area contributed by atoms with Crippen molar-refractivity contribution in [3.8, 4) is 0 Å². The molecule has 0 spiro atoms. The van der Waals surface area contributed by atoms with Crippen molar-refractivity contribution in [1.29, 1.82) is 0 Å². The summed E-state index contributed by atoms with van der Waals surface area (Å²) in [5.74, 6) is -0.280. The average Bonchev–Trinajstić information content (AvgIpc) is 2.48. The third-order valence-electron chi connectivity index (χ3n) is 2.30. The van der Waals surface area contributed by atoms with Gasteiger partial charge in [0.1, 0.15) is 5.78 Å². The maximum absolute atomic E-state index is 12.2. The van der Waals surface area contributed by atoms with E-state index in [0.29, 0.717) is 6.54 Å². The highest BCUT2D eigenvalue weighted by Gasteiger charge is 2.36. The second kappa shape index (κ2) is 3.90. The quantitative estimate of drug-likeness (QED) is 0.690. The van der Waals surface area contributed by atoms with Gasteiger partial charge in [0.2, 0.25) is 0 Å². The summed E-state index contributed by atoms with van der Waals surface area (Å²) in [4.78, 5) is 11.7. The van der Waals surface area contributed by atoms with Gasteiger partial charge in [-0.3, -0.25) is 4.79 Å². The van der Waals surface area contributed by atoms with Crippen LogP contribution in [0.25, 0.3) is 0 Å². The highest BCUT2D eigenvalue weighted by molar-refractivity contribution is 5.86. The van der Waals surface area contributed by atoms with Gasteiger partial charge < -0.3 is 0 Å². The maximum atomic E-state index is 12.2. The van der Waals surface area contributed by atoms with Gasteiger partial charge in [-0.25, -0.2) is 5.43 Å². The summed E-state index contributed by atoms with van der Waals surface area (Å²) in [7, 11) is 0. The Hall–Kier alpha value is -0.550. The third-order valence-corrected chi connectivity index (χ3v) is 2.30. The fourth-order valence-electron chi connectivity index (χ4n) is 1.53. The van der Waals surface area contributed by atoms with Gasteiger partial charge in [-0.15, -0.1) is 0 Å². The Morgan fingerprint density at radius 3 is 2.43 bits per heavy atom. The van der Waals surface area contributed by atoms with Crippen molar-refractivity contribution in [2.45, 2.75) is 27.3 Å². The average molecular weight is 206 g/mol. The number of carbonyl (C=O) groups is 1. The van der Waals surface area contributed by atoms with Crippen molar-refractivity contribution in [1.82, 2.24) is 10.4 Å². The summed E-state index contributed by atoms with van der Waals surface area (Å²) >= 11 is 0. The summed E-state index contributed by atoms with van der Waals surface area (Å²) in [5.41, 5.74) is 2.07. The predicted molar refractivity (Wildman–Crippen MR) is 48.7 cm³/mol. The molecule has 82 valence electrons. The Morgan fingerprint density at radius 2 is 2.07 bits per heavy atom. The molecule has 3 nitrogen and oxygen atoms in total. The molecule has 0 radical (unpaired) electrons. The molecule has 0 aliphatic carbocycles. The maximum Gasteiger partial charge on any atom is 0.306 e. The molecule has 0 amide bonds. The molecule has 1 unspecified atom stereocenters. The highest BCUT2D eigenvalue weighted by atomic mass is 19.3. The van der Waals surface area contributed by atoms with Crippen LogP contribution in [0.3, 0.4) is 0 Å². The van der Waals surface area contributed by atoms with E-state index in [-0.39, 0.29) is 18.2 Å². The number of halogens is 2. The number of rotatable bonds is 2. The van der Waals surface area contributed by atoms with Crippen molar-refractivity contribution in [3.63, 3.8) is 0 Å². The minimum atomic E-state index is -2.53. The smallest absolute Gasteiger partial charge is 0.299 e. The van der Waals surface area contributed by atoms with E-state index in [0.717, 1.165) is 5.01 Å². The zero-order valence-electron chi connectivity index (χ0n) is 8.68. The minimum Gasteiger partial charge on any atom is -0.299 e. The van der Waals surface area contributed by atoms with Crippen LogP contribution in [0.2, 0.25) is 0 Å². The van der Waals surface area contributed by atoms with E-state index in [1.807, 2.05) is 0 Å². The molecule has 1 aliphatic rings. The zero-order valence-corrected chi connectivity index (χ0v) is 8.68. The standard InChI is InChI=1S/C9H16F2N2O/c1-9(2,3)7(14)6-4-12-13(5-6)8(10)11/h6,8,12H,4-5H2,1-3H3. The molecule has 1 atom stereocenters. The molecule has 0 saturated carbocycles. The molecule has 1 aliphatic heterocycles. The summed E-state index contributed by atoms with van der Waals surface area (Å²) in [6.07, 6.45) is 0. The van der Waals surface area contributed by atoms with E-state index in [2.05, 4.69) is 5.43 Å². The Balaban J connectivity index is 2.54. The van der Waals surface area contributed by atoms with E-state index in [1.165, 1.54) is 0 Å². The second-order valence-electron chi connectivity index (χ2n) is 4.60. The lowest BCUT2D eigenvalue weighted by Gasteiger charge is -2.20. The van der Waals surface area contributed by atoms with Crippen LogP contribution < -0.4 is 5.43 Å². The number of nitrogens with one attached hydrogen (secondary N) is 1. The fraction of sp³-hybridized carbons (Fsp3) is 0.889. The monoisotopic (exact) mass is 206 g/mol. The topological polar surface area (TPSA) is 32.3 Å². The normalized spacial score (nSPS) is 24.6. The fourth-order valence-corrected chi connectivity index (χ4v) is 1.53. The number of carbonyl (C=O) groups excluding carboxylic acids is 1. The number of hydrazine groups is 1. The van der Waals surface area contributed by atoms with Crippen LogP contribution >= 0.6 is 0 Å². The summed E-state index contributed by atoms with van der Waals surface area (Å²) in [5, 5.41) is 0.814. The molecule has 0 bridgehead atoms. The molecule has 1 N–H and O–H groups in total. The lowest BCUT2D eigenvalue weighted by atomic mass is 9.83. The Kier molecular flexibility index (Phi) is 3.21. The molecule has 1 heterocycles. The van der Waals surface area contributed by atoms with Crippen LogP contribution in [-0.4, -0.2) is 30.4 Å². The van der Waals surface area contributed by atoms with Crippen LogP contribution in [0, 0.1) is 11.3 Å². The molecule has 0 aromatic rings. The number of nitrogens with zero attached hydrogens (tertiary/aromatic N) is 1. The second-order valence-corrected chi connectivity index (χ2v) is 4.60. The van der Waals surface area contributed by atoms with Crippen LogP contribution in [0.1, 0.15) is 20.8 Å². The molecule has 1 saturated heterocycles. The SMILES string of the molecule is CC(C)(C)C(=O)C1CNN(C(F)F)C1. The van der Waals surface area contributed by atoms with Gasteiger partial charge in [0, 0.05) is 24.4 Å². The first-order valence-electron chi connectivity index (χ1n) is 4.65. The number of alkyl halides is 2. The highest BCUT2D eigenvalue weighted by Crippen LogP contribution is 2.23. The molecule has 14 heavy (non-hydrogen) atoms. The number of hydrogen-bond acceptors (Lipinski definition) is 3. The van der Waals surface area contributed by atoms with Gasteiger partial charge in [0.15, 0.2) is 0 Å². The van der Waals surface area contributed by atoms with Crippen molar-refractivity contribution < 1.29 is 13.6 Å². The Labute approximate surface area is 82.4 Å². The molecular weight excluding hydrogens is 190 g/mol. The first kappa shape index (κ1) is 11.5. The minimum absolute atomic E-state index is 0.0353. The van der Waals surface area contributed by atoms with Gasteiger partial charge in [0.25, 0.3) is 0 Å². The summed E-state index contributed by atoms with van der Waals surface area (Å²) < 4.78 is 24.5. The summed E-state index contributed by atoms with van der Waals surface area (Å²) in [6.45, 7) is 3.31. The van der Waals surface area contributed by atoms with Gasteiger partial charge >= 0.3 is 6.55 Å². The van der Waals surface area contributed by atoms with Crippen LogP contribution in [0.5, 0.6) is 0 Å². The van der Waals surface area contributed by atoms with Crippen molar-refractivity contribution in [3.05, 3.63) is 0 Å². The molecule has 0 aromatic carbocycles. The van der Waals surface area contributed by atoms with Crippen LogP contribution in [0.15, 0.2) is 0 Å². The number of hydrogen-bond donors (Lipinski definition) is 1. The molecule has 0 aromatic heterocycles. The number of ketones is 1. The van der Waals surface area contributed by atoms with Gasteiger partial charge in [-0.05, 0) is 0 Å². The largest absolute Gasteiger partial charge is 0.306 e. The van der Waals surface area contributed by atoms with Crippen molar-refractivity contribution in [2.75, 3.05) is 13.1 Å². The molecular formula is C9H16F2N2O. The lowest BCUT2D eigenvalue weighted by molar-refractivity contribution is -0.130.